The van der Waals surface area contributed by atoms with E-state index in [9.17, 15) is 9.18 Å². The summed E-state index contributed by atoms with van der Waals surface area (Å²) < 4.78 is 12.9. The minimum absolute atomic E-state index is 0.377. The van der Waals surface area contributed by atoms with E-state index in [0.29, 0.717) is 17.1 Å². The van der Waals surface area contributed by atoms with Gasteiger partial charge in [0.05, 0.1) is 11.4 Å². The Balaban J connectivity index is 2.03. The summed E-state index contributed by atoms with van der Waals surface area (Å²) >= 11 is 0. The van der Waals surface area contributed by atoms with E-state index in [1.165, 1.54) is 18.2 Å². The number of rotatable bonds is 2. The molecular formula is C13H12FN3O. The second-order valence-corrected chi connectivity index (χ2v) is 3.68. The van der Waals surface area contributed by atoms with Crippen molar-refractivity contribution < 1.29 is 9.18 Å². The van der Waals surface area contributed by atoms with E-state index in [0.717, 1.165) is 0 Å². The van der Waals surface area contributed by atoms with Gasteiger partial charge in [0, 0.05) is 5.69 Å². The molecule has 2 aromatic rings. The Morgan fingerprint density at radius 3 is 2.56 bits per heavy atom. The number of nitrogen functional groups attached to an aromatic ring is 1. The van der Waals surface area contributed by atoms with Crippen LogP contribution in [0.5, 0.6) is 0 Å². The van der Waals surface area contributed by atoms with E-state index in [1.807, 2.05) is 0 Å². The quantitative estimate of drug-likeness (QED) is 0.712. The minimum atomic E-state index is -0.474. The summed E-state index contributed by atoms with van der Waals surface area (Å²) in [6, 6.07) is 12.1. The lowest BCUT2D eigenvalue weighted by molar-refractivity contribution is 0.262. The van der Waals surface area contributed by atoms with Crippen molar-refractivity contribution in [3.8, 4) is 0 Å². The number of carbonyl (C=O) groups excluding carboxylic acids is 1. The smallest absolute Gasteiger partial charge is 0.323 e. The predicted molar refractivity (Wildman–Crippen MR) is 69.9 cm³/mol. The number of anilines is 3. The molecule has 5 heteroatoms. The Bertz CT molecular complexity index is 572. The zero-order chi connectivity index (χ0) is 13.0. The van der Waals surface area contributed by atoms with Crippen LogP contribution in [0.25, 0.3) is 0 Å². The van der Waals surface area contributed by atoms with Crippen LogP contribution in [0.4, 0.5) is 26.2 Å². The number of halogens is 1. The number of nitrogens with two attached hydrogens (primary N) is 1. The summed E-state index contributed by atoms with van der Waals surface area (Å²) in [5.41, 5.74) is 7.03. The SMILES string of the molecule is Nc1ccccc1NC(=O)Nc1cccc(F)c1. The summed E-state index contributed by atoms with van der Waals surface area (Å²) in [4.78, 5) is 11.6. The molecule has 0 aliphatic rings. The van der Waals surface area contributed by atoms with Gasteiger partial charge in [-0.3, -0.25) is 0 Å². The van der Waals surface area contributed by atoms with Crippen molar-refractivity contribution in [1.82, 2.24) is 0 Å². The molecule has 0 fully saturated rings. The molecule has 0 atom stereocenters. The highest BCUT2D eigenvalue weighted by molar-refractivity contribution is 6.01. The average Bonchev–Trinajstić information content (AvgIpc) is 2.32. The van der Waals surface area contributed by atoms with Gasteiger partial charge in [0.2, 0.25) is 0 Å². The van der Waals surface area contributed by atoms with E-state index in [1.54, 1.807) is 30.3 Å². The summed E-state index contributed by atoms with van der Waals surface area (Å²) in [5, 5.41) is 5.09. The van der Waals surface area contributed by atoms with Gasteiger partial charge < -0.3 is 16.4 Å². The van der Waals surface area contributed by atoms with Gasteiger partial charge in [0.25, 0.3) is 0 Å². The molecule has 92 valence electrons. The first-order valence-electron chi connectivity index (χ1n) is 5.33. The van der Waals surface area contributed by atoms with Crippen LogP contribution >= 0.6 is 0 Å². The van der Waals surface area contributed by atoms with Crippen molar-refractivity contribution in [2.24, 2.45) is 0 Å². The summed E-state index contributed by atoms with van der Waals surface area (Å²) in [6.07, 6.45) is 0. The van der Waals surface area contributed by atoms with Gasteiger partial charge in [0.15, 0.2) is 0 Å². The predicted octanol–water partition coefficient (Wildman–Crippen LogP) is 3.05. The molecule has 18 heavy (non-hydrogen) atoms. The molecule has 0 heterocycles. The first-order chi connectivity index (χ1) is 8.65. The zero-order valence-electron chi connectivity index (χ0n) is 9.48. The summed E-state index contributed by atoms with van der Waals surface area (Å²) in [7, 11) is 0. The second kappa shape index (κ2) is 5.18. The fourth-order valence-corrected chi connectivity index (χ4v) is 1.46. The van der Waals surface area contributed by atoms with Gasteiger partial charge in [-0.1, -0.05) is 18.2 Å². The highest BCUT2D eigenvalue weighted by Gasteiger charge is 2.05. The monoisotopic (exact) mass is 245 g/mol. The van der Waals surface area contributed by atoms with Crippen LogP contribution in [0, 0.1) is 5.82 Å². The molecule has 0 unspecified atom stereocenters. The van der Waals surface area contributed by atoms with E-state index in [4.69, 9.17) is 5.73 Å². The Morgan fingerprint density at radius 2 is 1.83 bits per heavy atom. The summed E-state index contributed by atoms with van der Waals surface area (Å²) in [5.74, 6) is -0.410. The lowest BCUT2D eigenvalue weighted by Crippen LogP contribution is -2.20. The number of nitrogens with one attached hydrogen (secondary N) is 2. The van der Waals surface area contributed by atoms with Gasteiger partial charge >= 0.3 is 6.03 Å². The molecule has 0 saturated carbocycles. The maximum atomic E-state index is 12.9. The first-order valence-corrected chi connectivity index (χ1v) is 5.33. The largest absolute Gasteiger partial charge is 0.397 e. The second-order valence-electron chi connectivity index (χ2n) is 3.68. The van der Waals surface area contributed by atoms with Crippen LogP contribution in [0.3, 0.4) is 0 Å². The zero-order valence-corrected chi connectivity index (χ0v) is 9.48. The van der Waals surface area contributed by atoms with E-state index in [2.05, 4.69) is 10.6 Å². The Kier molecular flexibility index (Phi) is 3.43. The molecule has 0 radical (unpaired) electrons. The van der Waals surface area contributed by atoms with Crippen LogP contribution < -0.4 is 16.4 Å². The van der Waals surface area contributed by atoms with Crippen LogP contribution in [0.15, 0.2) is 48.5 Å². The molecule has 0 spiro atoms. The van der Waals surface area contributed by atoms with Crippen LogP contribution in [0.1, 0.15) is 0 Å². The van der Waals surface area contributed by atoms with Crippen LogP contribution in [0.2, 0.25) is 0 Å². The van der Waals surface area contributed by atoms with Crippen molar-refractivity contribution in [1.29, 1.82) is 0 Å². The van der Waals surface area contributed by atoms with Crippen molar-refractivity contribution in [3.05, 3.63) is 54.3 Å². The fourth-order valence-electron chi connectivity index (χ4n) is 1.46. The Morgan fingerprint density at radius 1 is 1.06 bits per heavy atom. The number of carbonyl (C=O) groups is 1. The van der Waals surface area contributed by atoms with Gasteiger partial charge in [0.1, 0.15) is 5.82 Å². The maximum Gasteiger partial charge on any atom is 0.323 e. The van der Waals surface area contributed by atoms with Crippen molar-refractivity contribution in [2.45, 2.75) is 0 Å². The number of benzene rings is 2. The Labute approximate surface area is 104 Å². The molecule has 4 N–H and O–H groups in total. The number of amides is 2. The van der Waals surface area contributed by atoms with Crippen molar-refractivity contribution >= 4 is 23.1 Å². The number of hydrogen-bond donors (Lipinski definition) is 3. The first kappa shape index (κ1) is 11.9. The van der Waals surface area contributed by atoms with Crippen molar-refractivity contribution in [2.75, 3.05) is 16.4 Å². The molecule has 0 aliphatic carbocycles. The van der Waals surface area contributed by atoms with Gasteiger partial charge in [-0.05, 0) is 30.3 Å². The fraction of sp³-hybridized carbons (Fsp3) is 0. The molecule has 0 saturated heterocycles. The van der Waals surface area contributed by atoms with E-state index >= 15 is 0 Å². The third kappa shape index (κ3) is 2.98. The van der Waals surface area contributed by atoms with Crippen LogP contribution in [-0.4, -0.2) is 6.03 Å². The van der Waals surface area contributed by atoms with Gasteiger partial charge in [-0.25, -0.2) is 9.18 Å². The molecular weight excluding hydrogens is 233 g/mol. The van der Waals surface area contributed by atoms with Crippen LogP contribution in [-0.2, 0) is 0 Å². The number of para-hydroxylation sites is 2. The molecule has 0 aliphatic heterocycles. The average molecular weight is 245 g/mol. The standard InChI is InChI=1S/C13H12FN3O/c14-9-4-3-5-10(8-9)16-13(18)17-12-7-2-1-6-11(12)15/h1-8H,15H2,(H2,16,17,18). The molecule has 2 aromatic carbocycles. The van der Waals surface area contributed by atoms with Gasteiger partial charge in [-0.2, -0.15) is 0 Å². The highest BCUT2D eigenvalue weighted by atomic mass is 19.1. The summed E-state index contributed by atoms with van der Waals surface area (Å²) in [6.45, 7) is 0. The number of hydrogen-bond acceptors (Lipinski definition) is 2. The molecule has 4 nitrogen and oxygen atoms in total. The third-order valence-corrected chi connectivity index (χ3v) is 2.29. The van der Waals surface area contributed by atoms with Gasteiger partial charge in [-0.15, -0.1) is 0 Å². The van der Waals surface area contributed by atoms with Crippen molar-refractivity contribution in [3.63, 3.8) is 0 Å². The third-order valence-electron chi connectivity index (χ3n) is 2.29. The highest BCUT2D eigenvalue weighted by Crippen LogP contribution is 2.17. The Hall–Kier alpha value is -2.56. The lowest BCUT2D eigenvalue weighted by Gasteiger charge is -2.09. The number of urea groups is 1. The topological polar surface area (TPSA) is 67.1 Å². The maximum absolute atomic E-state index is 12.9. The molecule has 0 bridgehead atoms. The van der Waals surface area contributed by atoms with E-state index in [-0.39, 0.29) is 0 Å². The lowest BCUT2D eigenvalue weighted by atomic mass is 10.3. The molecule has 0 aromatic heterocycles. The molecule has 2 rings (SSSR count). The normalized spacial score (nSPS) is 9.83. The molecule has 2 amide bonds. The minimum Gasteiger partial charge on any atom is -0.397 e. The van der Waals surface area contributed by atoms with E-state index < -0.39 is 11.8 Å².